The standard InChI is InChI=1S/C8H16O5.C7H12O4.IO4.Na/c1-2-8(11)13-4-3-12-6-7(10)5-9;1-2-7(9)11-6-5-10-4-3-8;2-1(3,4)5;/h7,9-10H,2-6H2,1H3;3H,2,4-6H2,1H3;;/q;;-1;+1. The van der Waals surface area contributed by atoms with Gasteiger partial charge in [0, 0.05) is 12.8 Å². The number of carbonyl (C=O) groups is 3. The number of halogens is 1. The van der Waals surface area contributed by atoms with E-state index in [1.54, 1.807) is 13.8 Å². The Morgan fingerprint density at radius 2 is 1.33 bits per heavy atom. The molecule has 0 saturated carbocycles. The summed E-state index contributed by atoms with van der Waals surface area (Å²) < 4.78 is 53.5. The van der Waals surface area contributed by atoms with Gasteiger partial charge >= 0.3 is 41.5 Å². The molecule has 0 spiro atoms. The van der Waals surface area contributed by atoms with Crippen LogP contribution in [0.15, 0.2) is 0 Å². The van der Waals surface area contributed by atoms with Gasteiger partial charge in [-0.1, -0.05) is 13.8 Å². The maximum absolute atomic E-state index is 10.6. The molecular formula is C15H28INaO13. The third kappa shape index (κ3) is 46.3. The first-order valence-corrected chi connectivity index (χ1v) is 11.8. The van der Waals surface area contributed by atoms with E-state index in [2.05, 4.69) is 4.74 Å². The Balaban J connectivity index is -0.000000181. The molecule has 0 rings (SSSR count). The molecule has 0 aliphatic carbocycles. The summed E-state index contributed by atoms with van der Waals surface area (Å²) in [6.45, 7) is 4.14. The topological polar surface area (TPSA) is 221 Å². The van der Waals surface area contributed by atoms with Crippen molar-refractivity contribution in [2.45, 2.75) is 32.8 Å². The third-order valence-corrected chi connectivity index (χ3v) is 2.27. The van der Waals surface area contributed by atoms with E-state index in [-0.39, 0.29) is 87.7 Å². The van der Waals surface area contributed by atoms with Crippen molar-refractivity contribution in [2.24, 2.45) is 0 Å². The van der Waals surface area contributed by atoms with Crippen LogP contribution in [0.25, 0.3) is 0 Å². The number of carbonyl (C=O) groups excluding carboxylic acids is 3. The molecule has 0 aliphatic heterocycles. The maximum Gasteiger partial charge on any atom is 1.00 e. The largest absolute Gasteiger partial charge is 1.00 e. The van der Waals surface area contributed by atoms with Gasteiger partial charge in [0.05, 0.1) is 26.4 Å². The van der Waals surface area contributed by atoms with Crippen molar-refractivity contribution in [1.29, 1.82) is 0 Å². The van der Waals surface area contributed by atoms with E-state index in [0.29, 0.717) is 19.1 Å². The first-order valence-electron chi connectivity index (χ1n) is 8.32. The Bertz CT molecular complexity index is 400. The van der Waals surface area contributed by atoms with Crippen molar-refractivity contribution >= 4 is 18.2 Å². The predicted octanol–water partition coefficient (Wildman–Crippen LogP) is -11.3. The molecule has 0 bridgehead atoms. The van der Waals surface area contributed by atoms with Gasteiger partial charge in [0.2, 0.25) is 0 Å². The second-order valence-corrected chi connectivity index (χ2v) is 6.84. The van der Waals surface area contributed by atoms with Gasteiger partial charge in [-0.05, 0) is 0 Å². The van der Waals surface area contributed by atoms with E-state index in [1.165, 1.54) is 0 Å². The molecule has 13 nitrogen and oxygen atoms in total. The van der Waals surface area contributed by atoms with Crippen molar-refractivity contribution in [2.75, 3.05) is 46.2 Å². The van der Waals surface area contributed by atoms with Gasteiger partial charge in [-0.3, -0.25) is 23.3 Å². The van der Waals surface area contributed by atoms with Crippen LogP contribution in [-0.4, -0.2) is 80.8 Å². The monoisotopic (exact) mass is 566 g/mol. The number of esters is 2. The zero-order valence-corrected chi connectivity index (χ0v) is 21.4. The minimum absolute atomic E-state index is 0. The third-order valence-electron chi connectivity index (χ3n) is 2.27. The first kappa shape index (κ1) is 37.3. The summed E-state index contributed by atoms with van der Waals surface area (Å²) in [6, 6.07) is 0. The minimum Gasteiger partial charge on any atom is -0.463 e. The summed E-state index contributed by atoms with van der Waals surface area (Å²) in [6.07, 6.45) is 0.510. The number of hydrogen-bond acceptors (Lipinski definition) is 13. The quantitative estimate of drug-likeness (QED) is 0.0696. The number of rotatable bonds is 13. The number of hydrogen-bond donors (Lipinski definition) is 2. The van der Waals surface area contributed by atoms with Crippen LogP contribution >= 0.6 is 0 Å². The molecule has 0 aromatic carbocycles. The molecule has 0 aromatic rings. The number of aliphatic hydroxyl groups excluding tert-OH is 2. The van der Waals surface area contributed by atoms with Crippen LogP contribution in [0.5, 0.6) is 0 Å². The van der Waals surface area contributed by atoms with Gasteiger partial charge in [0.15, 0.2) is 0 Å². The molecule has 15 heteroatoms. The molecule has 0 aliphatic rings. The van der Waals surface area contributed by atoms with E-state index in [9.17, 15) is 14.4 Å². The summed E-state index contributed by atoms with van der Waals surface area (Å²) in [5.74, 6) is -0.522. The number of ether oxygens (including phenoxy) is 4. The van der Waals surface area contributed by atoms with E-state index < -0.39 is 26.2 Å². The zero-order valence-electron chi connectivity index (χ0n) is 17.3. The van der Waals surface area contributed by atoms with E-state index in [1.807, 2.05) is 0 Å². The summed E-state index contributed by atoms with van der Waals surface area (Å²) in [7, 11) is 0. The summed E-state index contributed by atoms with van der Waals surface area (Å²) in [4.78, 5) is 30.8. The van der Waals surface area contributed by atoms with E-state index in [4.69, 9.17) is 38.2 Å². The van der Waals surface area contributed by atoms with Gasteiger partial charge in [-0.2, -0.15) is 0 Å². The molecule has 0 aromatic heterocycles. The Labute approximate surface area is 203 Å². The first-order chi connectivity index (χ1) is 13.5. The van der Waals surface area contributed by atoms with Crippen molar-refractivity contribution in [1.82, 2.24) is 0 Å². The van der Waals surface area contributed by atoms with Crippen LogP contribution in [0.3, 0.4) is 0 Å². The second-order valence-electron chi connectivity index (χ2n) is 4.68. The van der Waals surface area contributed by atoms with Crippen LogP contribution in [0.1, 0.15) is 26.7 Å². The number of aliphatic hydroxyl groups is 2. The van der Waals surface area contributed by atoms with Crippen LogP contribution in [0.4, 0.5) is 0 Å². The average Bonchev–Trinajstić information content (AvgIpc) is 2.66. The SMILES string of the molecule is CCC(=O)OCCOCC(O)CO.CCC(=O)OCCOCC=O.[Na+].[O-][I+3]([O-])([O-])[O-]. The molecular weight excluding hydrogens is 538 g/mol. The smallest absolute Gasteiger partial charge is 0.463 e. The Morgan fingerprint density at radius 1 is 0.933 bits per heavy atom. The molecule has 1 unspecified atom stereocenters. The van der Waals surface area contributed by atoms with E-state index >= 15 is 0 Å². The van der Waals surface area contributed by atoms with E-state index in [0.717, 1.165) is 0 Å². The van der Waals surface area contributed by atoms with Crippen LogP contribution < -0.4 is 63.4 Å². The molecule has 0 radical (unpaired) electrons. The Morgan fingerprint density at radius 3 is 1.67 bits per heavy atom. The molecule has 0 heterocycles. The molecule has 0 saturated heterocycles. The van der Waals surface area contributed by atoms with Gasteiger partial charge in [-0.15, -0.1) is 0 Å². The summed E-state index contributed by atoms with van der Waals surface area (Å²) in [5, 5.41) is 17.2. The minimum atomic E-state index is -5.94. The Hall–Kier alpha value is 0.0200. The molecule has 1 atom stereocenters. The second kappa shape index (κ2) is 27.1. The fraction of sp³-hybridized carbons (Fsp3) is 0.800. The van der Waals surface area contributed by atoms with Crippen LogP contribution in [-0.2, 0) is 33.3 Å². The van der Waals surface area contributed by atoms with Crippen molar-refractivity contribution in [3.05, 3.63) is 0 Å². The Kier molecular flexibility index (Phi) is 33.7. The van der Waals surface area contributed by atoms with Gasteiger partial charge in [0.25, 0.3) is 0 Å². The van der Waals surface area contributed by atoms with Gasteiger partial charge in [0.1, 0.15) is 52.3 Å². The van der Waals surface area contributed by atoms with Crippen molar-refractivity contribution in [3.8, 4) is 0 Å². The van der Waals surface area contributed by atoms with Crippen molar-refractivity contribution < 1.29 is 107 Å². The fourth-order valence-corrected chi connectivity index (χ4v) is 1.04. The van der Waals surface area contributed by atoms with Gasteiger partial charge in [-0.25, -0.2) is 0 Å². The van der Waals surface area contributed by atoms with Crippen LogP contribution in [0.2, 0.25) is 0 Å². The predicted molar refractivity (Wildman–Crippen MR) is 83.3 cm³/mol. The number of aldehydes is 1. The molecule has 0 fully saturated rings. The maximum atomic E-state index is 10.6. The molecule has 0 amide bonds. The molecule has 30 heavy (non-hydrogen) atoms. The molecule has 2 N–H and O–H groups in total. The fourth-order valence-electron chi connectivity index (χ4n) is 1.04. The summed E-state index contributed by atoms with van der Waals surface area (Å²) in [5.41, 5.74) is 0. The average molecular weight is 566 g/mol. The van der Waals surface area contributed by atoms with Crippen molar-refractivity contribution in [3.63, 3.8) is 0 Å². The normalized spacial score (nSPS) is 10.8. The molecule has 174 valence electrons. The van der Waals surface area contributed by atoms with Crippen LogP contribution in [0, 0.1) is 0 Å². The summed E-state index contributed by atoms with van der Waals surface area (Å²) >= 11 is -5.94. The zero-order chi connectivity index (χ0) is 23.1. The van der Waals surface area contributed by atoms with Gasteiger partial charge < -0.3 is 34.0 Å².